The van der Waals surface area contributed by atoms with Gasteiger partial charge >= 0.3 is 0 Å². The fourth-order valence-electron chi connectivity index (χ4n) is 4.46. The molecule has 0 aromatic carbocycles. The van der Waals surface area contributed by atoms with E-state index in [1.807, 2.05) is 0 Å². The van der Waals surface area contributed by atoms with E-state index in [-0.39, 0.29) is 0 Å². The van der Waals surface area contributed by atoms with Crippen molar-refractivity contribution in [3.05, 3.63) is 23.8 Å². The molecule has 0 amide bonds. The van der Waals surface area contributed by atoms with Gasteiger partial charge in [-0.05, 0) is 68.6 Å². The Morgan fingerprint density at radius 1 is 1.00 bits per heavy atom. The summed E-state index contributed by atoms with van der Waals surface area (Å²) in [5.74, 6) is 2.42. The lowest BCUT2D eigenvalue weighted by molar-refractivity contribution is 0.134. The van der Waals surface area contributed by atoms with E-state index in [0.29, 0.717) is 5.41 Å². The van der Waals surface area contributed by atoms with Crippen LogP contribution in [0.3, 0.4) is 0 Å². The normalized spacial score (nSPS) is 24.8. The first-order valence-corrected chi connectivity index (χ1v) is 9.89. The van der Waals surface area contributed by atoms with Gasteiger partial charge in [0, 0.05) is 5.92 Å². The summed E-state index contributed by atoms with van der Waals surface area (Å²) < 4.78 is 0. The molecule has 0 saturated heterocycles. The first-order valence-electron chi connectivity index (χ1n) is 9.89. The fourth-order valence-corrected chi connectivity index (χ4v) is 4.46. The minimum Gasteiger partial charge on any atom is -0.0879 e. The summed E-state index contributed by atoms with van der Waals surface area (Å²) in [4.78, 5) is 0. The molecule has 0 aromatic rings. The monoisotopic (exact) mass is 302 g/mol. The van der Waals surface area contributed by atoms with Crippen molar-refractivity contribution in [3.8, 4) is 0 Å². The molecule has 0 saturated carbocycles. The van der Waals surface area contributed by atoms with Gasteiger partial charge in [-0.3, -0.25) is 0 Å². The van der Waals surface area contributed by atoms with Crippen molar-refractivity contribution in [2.75, 3.05) is 0 Å². The summed E-state index contributed by atoms with van der Waals surface area (Å²) in [6, 6.07) is 0. The van der Waals surface area contributed by atoms with Crippen molar-refractivity contribution >= 4 is 0 Å². The van der Waals surface area contributed by atoms with E-state index in [0.717, 1.165) is 17.8 Å². The smallest absolute Gasteiger partial charge is 0.00333 e. The summed E-state index contributed by atoms with van der Waals surface area (Å²) in [6.07, 6.45) is 21.6. The van der Waals surface area contributed by atoms with E-state index >= 15 is 0 Å². The Labute approximate surface area is 139 Å². The Morgan fingerprint density at radius 3 is 2.23 bits per heavy atom. The Morgan fingerprint density at radius 2 is 1.68 bits per heavy atom. The molecule has 0 spiro atoms. The lowest BCUT2D eigenvalue weighted by Gasteiger charge is -2.45. The van der Waals surface area contributed by atoms with Crippen LogP contribution in [0.25, 0.3) is 0 Å². The van der Waals surface area contributed by atoms with E-state index < -0.39 is 0 Å². The molecule has 0 bridgehead atoms. The van der Waals surface area contributed by atoms with Gasteiger partial charge in [-0.2, -0.15) is 0 Å². The van der Waals surface area contributed by atoms with Crippen LogP contribution in [-0.2, 0) is 0 Å². The number of allylic oxidation sites excluding steroid dienone is 4. The van der Waals surface area contributed by atoms with Crippen LogP contribution in [0.15, 0.2) is 23.8 Å². The zero-order valence-electron chi connectivity index (χ0n) is 15.5. The predicted octanol–water partition coefficient (Wildman–Crippen LogP) is 7.31. The minimum atomic E-state index is 0.562. The molecule has 0 radical (unpaired) electrons. The van der Waals surface area contributed by atoms with Gasteiger partial charge in [-0.15, -0.1) is 0 Å². The van der Waals surface area contributed by atoms with Crippen molar-refractivity contribution in [3.63, 3.8) is 0 Å². The van der Waals surface area contributed by atoms with Crippen LogP contribution in [0.4, 0.5) is 0 Å². The van der Waals surface area contributed by atoms with Crippen molar-refractivity contribution in [2.24, 2.45) is 23.2 Å². The fraction of sp³-hybridized carbons (Fsp3) is 0.818. The first kappa shape index (κ1) is 17.8. The lowest BCUT2D eigenvalue weighted by Crippen LogP contribution is -2.34. The lowest BCUT2D eigenvalue weighted by atomic mass is 9.60. The molecule has 0 aromatic heterocycles. The predicted molar refractivity (Wildman–Crippen MR) is 99.0 cm³/mol. The summed E-state index contributed by atoms with van der Waals surface area (Å²) in [5, 5.41) is 0. The second kappa shape index (κ2) is 8.37. The highest BCUT2D eigenvalue weighted by atomic mass is 14.4. The van der Waals surface area contributed by atoms with Crippen molar-refractivity contribution in [1.82, 2.24) is 0 Å². The number of hydrogen-bond acceptors (Lipinski definition) is 0. The Bertz CT molecular complexity index is 371. The van der Waals surface area contributed by atoms with E-state index in [1.54, 1.807) is 5.57 Å². The maximum atomic E-state index is 2.60. The summed E-state index contributed by atoms with van der Waals surface area (Å²) >= 11 is 0. The third-order valence-electron chi connectivity index (χ3n) is 5.96. The molecule has 1 unspecified atom stereocenters. The molecule has 0 nitrogen and oxygen atoms in total. The second-order valence-corrected chi connectivity index (χ2v) is 8.70. The molecule has 0 heteroatoms. The third-order valence-corrected chi connectivity index (χ3v) is 5.96. The van der Waals surface area contributed by atoms with Crippen molar-refractivity contribution < 1.29 is 0 Å². The van der Waals surface area contributed by atoms with Crippen LogP contribution >= 0.6 is 0 Å². The maximum Gasteiger partial charge on any atom is 0.00333 e. The Kier molecular flexibility index (Phi) is 6.78. The van der Waals surface area contributed by atoms with Gasteiger partial charge in [0.05, 0.1) is 0 Å². The zero-order chi connectivity index (χ0) is 16.0. The van der Waals surface area contributed by atoms with Gasteiger partial charge < -0.3 is 0 Å². The van der Waals surface area contributed by atoms with Gasteiger partial charge in [0.15, 0.2) is 0 Å². The largest absolute Gasteiger partial charge is 0.0879 e. The molecular weight excluding hydrogens is 264 g/mol. The van der Waals surface area contributed by atoms with Gasteiger partial charge in [-0.1, -0.05) is 64.3 Å². The van der Waals surface area contributed by atoms with Crippen molar-refractivity contribution in [1.29, 1.82) is 0 Å². The van der Waals surface area contributed by atoms with E-state index in [9.17, 15) is 0 Å². The van der Waals surface area contributed by atoms with Gasteiger partial charge in [0.25, 0.3) is 0 Å². The molecule has 0 fully saturated rings. The molecule has 2 aliphatic rings. The average Bonchev–Trinajstić information content (AvgIpc) is 2.52. The maximum absolute atomic E-state index is 2.60. The van der Waals surface area contributed by atoms with E-state index in [1.165, 1.54) is 64.2 Å². The van der Waals surface area contributed by atoms with E-state index in [4.69, 9.17) is 0 Å². The number of rotatable bonds is 7. The second-order valence-electron chi connectivity index (χ2n) is 8.70. The van der Waals surface area contributed by atoms with Gasteiger partial charge in [0.2, 0.25) is 0 Å². The molecule has 1 atom stereocenters. The van der Waals surface area contributed by atoms with Crippen LogP contribution < -0.4 is 0 Å². The molecule has 2 aliphatic carbocycles. The minimum absolute atomic E-state index is 0.562. The molecule has 22 heavy (non-hydrogen) atoms. The molecule has 2 rings (SSSR count). The topological polar surface area (TPSA) is 0 Å². The van der Waals surface area contributed by atoms with Gasteiger partial charge in [0.1, 0.15) is 0 Å². The molecular formula is C22H38. The highest BCUT2D eigenvalue weighted by Gasteiger charge is 2.39. The molecule has 0 N–H and O–H groups in total. The van der Waals surface area contributed by atoms with Gasteiger partial charge in [-0.25, -0.2) is 0 Å². The highest BCUT2D eigenvalue weighted by molar-refractivity contribution is 5.22. The Balaban J connectivity index is 2.21. The van der Waals surface area contributed by atoms with Crippen LogP contribution in [0, 0.1) is 23.2 Å². The standard InChI is InChI=1S/C22H38/c1-18(2)13-16-22(17-14-19(3)4)15-9-8-12-21(22)20-10-6-5-7-11-20/h8,10,12,18-19,21H,5-7,9,11,13-17H2,1-4H3. The SMILES string of the molecule is CC(C)CCC1(CCC(C)C)CCC=CC1C1=CCCCC1. The molecule has 0 heterocycles. The van der Waals surface area contributed by atoms with Crippen LogP contribution in [0.1, 0.15) is 91.9 Å². The zero-order valence-corrected chi connectivity index (χ0v) is 15.5. The average molecular weight is 303 g/mol. The molecule has 0 aliphatic heterocycles. The van der Waals surface area contributed by atoms with Crippen molar-refractivity contribution in [2.45, 2.75) is 91.9 Å². The van der Waals surface area contributed by atoms with Crippen LogP contribution in [0.5, 0.6) is 0 Å². The third kappa shape index (κ3) is 4.74. The first-order chi connectivity index (χ1) is 10.5. The number of hydrogen-bond donors (Lipinski definition) is 0. The van der Waals surface area contributed by atoms with Crippen LogP contribution in [0.2, 0.25) is 0 Å². The quantitative estimate of drug-likeness (QED) is 0.432. The highest BCUT2D eigenvalue weighted by Crippen LogP contribution is 2.51. The summed E-state index contributed by atoms with van der Waals surface area (Å²) in [7, 11) is 0. The molecule has 126 valence electrons. The van der Waals surface area contributed by atoms with E-state index in [2.05, 4.69) is 45.9 Å². The van der Waals surface area contributed by atoms with Crippen LogP contribution in [-0.4, -0.2) is 0 Å². The summed E-state index contributed by atoms with van der Waals surface area (Å²) in [6.45, 7) is 9.57. The Hall–Kier alpha value is -0.520. The summed E-state index contributed by atoms with van der Waals surface area (Å²) in [5.41, 5.74) is 2.35.